The van der Waals surface area contributed by atoms with Crippen LogP contribution in [0.15, 0.2) is 27.1 Å². The van der Waals surface area contributed by atoms with Gasteiger partial charge in [-0.05, 0) is 59.8 Å². The average Bonchev–Trinajstić information content (AvgIpc) is 2.42. The van der Waals surface area contributed by atoms with Crippen molar-refractivity contribution in [1.82, 2.24) is 0 Å². The van der Waals surface area contributed by atoms with E-state index in [0.29, 0.717) is 18.6 Å². The fourth-order valence-electron chi connectivity index (χ4n) is 3.52. The van der Waals surface area contributed by atoms with E-state index in [1.54, 1.807) is 0 Å². The van der Waals surface area contributed by atoms with Gasteiger partial charge in [-0.2, -0.15) is 0 Å². The Hall–Kier alpha value is -0.680. The Morgan fingerprint density at radius 3 is 2.48 bits per heavy atom. The topological polar surface area (TPSA) is 46.2 Å². The Morgan fingerprint density at radius 2 is 1.81 bits per heavy atom. The molecule has 0 heterocycles. The van der Waals surface area contributed by atoms with Crippen LogP contribution in [0.4, 0.5) is 5.69 Å². The molecule has 2 fully saturated rings. The molecular formula is C16H17Br2NO2. The summed E-state index contributed by atoms with van der Waals surface area (Å²) in [5.74, 6) is 0.620. The van der Waals surface area contributed by atoms with Crippen molar-refractivity contribution in [2.75, 3.05) is 5.32 Å². The van der Waals surface area contributed by atoms with Gasteiger partial charge in [-0.3, -0.25) is 9.59 Å². The molecule has 0 radical (unpaired) electrons. The van der Waals surface area contributed by atoms with Gasteiger partial charge < -0.3 is 5.32 Å². The molecule has 112 valence electrons. The normalized spacial score (nSPS) is 28.3. The molecule has 1 N–H and O–H groups in total. The van der Waals surface area contributed by atoms with E-state index < -0.39 is 0 Å². The fourth-order valence-corrected chi connectivity index (χ4v) is 4.23. The molecule has 2 bridgehead atoms. The second kappa shape index (κ2) is 6.21. The molecule has 2 unspecified atom stereocenters. The molecule has 1 amide bonds. The molecule has 2 atom stereocenters. The molecule has 0 aromatic heterocycles. The van der Waals surface area contributed by atoms with E-state index in [9.17, 15) is 9.59 Å². The summed E-state index contributed by atoms with van der Waals surface area (Å²) < 4.78 is 1.79. The first-order valence-corrected chi connectivity index (χ1v) is 8.93. The molecule has 1 aromatic carbocycles. The number of rotatable bonds is 2. The quantitative estimate of drug-likeness (QED) is 0.771. The van der Waals surface area contributed by atoms with Gasteiger partial charge in [-0.1, -0.05) is 22.4 Å². The number of halogens is 2. The zero-order valence-corrected chi connectivity index (χ0v) is 14.7. The number of fused-ring (bicyclic) bond motifs is 2. The van der Waals surface area contributed by atoms with Crippen LogP contribution in [0.25, 0.3) is 0 Å². The first kappa shape index (κ1) is 15.2. The Bertz CT molecular complexity index is 572. The summed E-state index contributed by atoms with van der Waals surface area (Å²) >= 11 is 6.86. The van der Waals surface area contributed by atoms with E-state index in [1.807, 2.05) is 18.2 Å². The molecule has 21 heavy (non-hydrogen) atoms. The highest BCUT2D eigenvalue weighted by Gasteiger charge is 2.41. The maximum atomic E-state index is 12.5. The highest BCUT2D eigenvalue weighted by atomic mass is 79.9. The fraction of sp³-hybridized carbons (Fsp3) is 0.500. The SMILES string of the molecule is O=C(Nc1cc(Br)ccc1Br)C1CC2CCCC(C1)C2=O. The standard InChI is InChI=1S/C16H17Br2NO2/c17-12-4-5-13(18)14(8-12)19-16(21)11-6-9-2-1-3-10(7-11)15(9)20/h4-5,8-11H,1-3,6-7H2,(H,19,21). The molecule has 2 aliphatic carbocycles. The third-order valence-electron chi connectivity index (χ3n) is 4.61. The Labute approximate surface area is 141 Å². The van der Waals surface area contributed by atoms with Crippen LogP contribution in [-0.2, 0) is 9.59 Å². The lowest BCUT2D eigenvalue weighted by Gasteiger charge is -2.37. The van der Waals surface area contributed by atoms with Gasteiger partial charge in [0.2, 0.25) is 5.91 Å². The molecule has 3 rings (SSSR count). The van der Waals surface area contributed by atoms with Gasteiger partial charge in [0.15, 0.2) is 0 Å². The van der Waals surface area contributed by atoms with Crippen molar-refractivity contribution in [2.24, 2.45) is 17.8 Å². The molecule has 3 nitrogen and oxygen atoms in total. The maximum Gasteiger partial charge on any atom is 0.227 e. The van der Waals surface area contributed by atoms with E-state index in [0.717, 1.165) is 33.9 Å². The summed E-state index contributed by atoms with van der Waals surface area (Å²) in [5.41, 5.74) is 0.774. The number of anilines is 1. The number of carbonyl (C=O) groups is 2. The summed E-state index contributed by atoms with van der Waals surface area (Å²) in [7, 11) is 0. The van der Waals surface area contributed by atoms with Crippen molar-refractivity contribution in [3.63, 3.8) is 0 Å². The highest BCUT2D eigenvalue weighted by Crippen LogP contribution is 2.40. The molecular weight excluding hydrogens is 398 g/mol. The van der Waals surface area contributed by atoms with Crippen molar-refractivity contribution in [2.45, 2.75) is 32.1 Å². The minimum atomic E-state index is -0.0381. The van der Waals surface area contributed by atoms with Gasteiger partial charge in [0, 0.05) is 26.7 Å². The second-order valence-corrected chi connectivity index (χ2v) is 7.78. The Balaban J connectivity index is 1.71. The first-order chi connectivity index (χ1) is 10.0. The molecule has 2 aliphatic rings. The van der Waals surface area contributed by atoms with E-state index in [4.69, 9.17) is 0 Å². The van der Waals surface area contributed by atoms with Gasteiger partial charge in [-0.25, -0.2) is 0 Å². The first-order valence-electron chi connectivity index (χ1n) is 7.34. The molecule has 1 aromatic rings. The largest absolute Gasteiger partial charge is 0.325 e. The van der Waals surface area contributed by atoms with E-state index in [1.165, 1.54) is 0 Å². The monoisotopic (exact) mass is 413 g/mol. The summed E-state index contributed by atoms with van der Waals surface area (Å²) in [4.78, 5) is 24.6. The zero-order valence-electron chi connectivity index (χ0n) is 11.6. The molecule has 5 heteroatoms. The summed E-state index contributed by atoms with van der Waals surface area (Å²) in [6, 6.07) is 5.71. The van der Waals surface area contributed by atoms with Crippen molar-refractivity contribution in [3.05, 3.63) is 27.1 Å². The number of hydrogen-bond acceptors (Lipinski definition) is 2. The predicted molar refractivity (Wildman–Crippen MR) is 89.0 cm³/mol. The van der Waals surface area contributed by atoms with Crippen LogP contribution in [0.5, 0.6) is 0 Å². The number of Topliss-reactive ketones (excluding diaryl/α,β-unsaturated/α-hetero) is 1. The van der Waals surface area contributed by atoms with Crippen LogP contribution in [0.1, 0.15) is 32.1 Å². The minimum Gasteiger partial charge on any atom is -0.325 e. The second-order valence-electron chi connectivity index (χ2n) is 6.01. The van der Waals surface area contributed by atoms with Crippen LogP contribution in [0.3, 0.4) is 0 Å². The van der Waals surface area contributed by atoms with Gasteiger partial charge in [0.05, 0.1) is 5.69 Å². The molecule has 0 spiro atoms. The Morgan fingerprint density at radius 1 is 1.14 bits per heavy atom. The van der Waals surface area contributed by atoms with Crippen molar-refractivity contribution < 1.29 is 9.59 Å². The van der Waals surface area contributed by atoms with E-state index >= 15 is 0 Å². The van der Waals surface area contributed by atoms with Gasteiger partial charge in [0.25, 0.3) is 0 Å². The number of benzene rings is 1. The third kappa shape index (κ3) is 3.24. The summed E-state index contributed by atoms with van der Waals surface area (Å²) in [6.07, 6.45) is 4.48. The number of ketones is 1. The van der Waals surface area contributed by atoms with Crippen LogP contribution in [0, 0.1) is 17.8 Å². The van der Waals surface area contributed by atoms with Gasteiger partial charge >= 0.3 is 0 Å². The van der Waals surface area contributed by atoms with E-state index in [-0.39, 0.29) is 23.7 Å². The predicted octanol–water partition coefficient (Wildman–Crippen LogP) is 4.55. The Kier molecular flexibility index (Phi) is 4.50. The van der Waals surface area contributed by atoms with Crippen LogP contribution in [-0.4, -0.2) is 11.7 Å². The lowest BCUT2D eigenvalue weighted by molar-refractivity contribution is -0.136. The summed E-state index contributed by atoms with van der Waals surface area (Å²) in [6.45, 7) is 0. The van der Waals surface area contributed by atoms with Crippen molar-refractivity contribution in [3.8, 4) is 0 Å². The maximum absolute atomic E-state index is 12.5. The molecule has 2 saturated carbocycles. The van der Waals surface area contributed by atoms with Gasteiger partial charge in [0.1, 0.15) is 5.78 Å². The number of nitrogens with one attached hydrogen (secondary N) is 1. The molecule has 0 aliphatic heterocycles. The summed E-state index contributed by atoms with van der Waals surface area (Å²) in [5, 5.41) is 3.00. The van der Waals surface area contributed by atoms with E-state index in [2.05, 4.69) is 37.2 Å². The lowest BCUT2D eigenvalue weighted by Crippen LogP contribution is -2.40. The van der Waals surface area contributed by atoms with Crippen LogP contribution in [0.2, 0.25) is 0 Å². The number of hydrogen-bond donors (Lipinski definition) is 1. The number of amides is 1. The third-order valence-corrected chi connectivity index (χ3v) is 5.79. The highest BCUT2D eigenvalue weighted by molar-refractivity contribution is 9.11. The number of carbonyl (C=O) groups excluding carboxylic acids is 2. The minimum absolute atomic E-state index is 0.0381. The van der Waals surface area contributed by atoms with Crippen LogP contribution >= 0.6 is 31.9 Å². The smallest absolute Gasteiger partial charge is 0.227 e. The lowest BCUT2D eigenvalue weighted by atomic mass is 9.67. The van der Waals surface area contributed by atoms with Gasteiger partial charge in [-0.15, -0.1) is 0 Å². The zero-order chi connectivity index (χ0) is 15.0. The van der Waals surface area contributed by atoms with Crippen molar-refractivity contribution >= 4 is 49.2 Å². The molecule has 0 saturated heterocycles. The average molecular weight is 415 g/mol. The van der Waals surface area contributed by atoms with Crippen LogP contribution < -0.4 is 5.32 Å². The van der Waals surface area contributed by atoms with Crippen molar-refractivity contribution in [1.29, 1.82) is 0 Å².